The number of alkyl halides is 4. The number of benzene rings is 2. The Morgan fingerprint density at radius 2 is 1.57 bits per heavy atom. The number of anilines is 2. The molecule has 0 aliphatic carbocycles. The van der Waals surface area contributed by atoms with E-state index in [0.717, 1.165) is 6.42 Å². The summed E-state index contributed by atoms with van der Waals surface area (Å²) >= 11 is 0. The average Bonchev–Trinajstić information content (AvgIpc) is 3.93. The van der Waals surface area contributed by atoms with Crippen LogP contribution in [0.2, 0.25) is 0 Å². The number of carbonyl (C=O) groups excluding carboxylic acids is 1. The number of carbonyl (C=O) groups is 1. The Morgan fingerprint density at radius 3 is 2.20 bits per heavy atom. The lowest BCUT2D eigenvalue weighted by molar-refractivity contribution is -0.137. The van der Waals surface area contributed by atoms with Crippen LogP contribution in [0.15, 0.2) is 54.6 Å². The first-order valence-electron chi connectivity index (χ1n) is 23.5. The summed E-state index contributed by atoms with van der Waals surface area (Å²) in [6.07, 6.45) is -4.79. The van der Waals surface area contributed by atoms with Gasteiger partial charge in [0.1, 0.15) is 64.1 Å². The van der Waals surface area contributed by atoms with Gasteiger partial charge in [0.15, 0.2) is 17.5 Å². The van der Waals surface area contributed by atoms with E-state index < -0.39 is 87.7 Å². The minimum atomic E-state index is -5.25. The summed E-state index contributed by atoms with van der Waals surface area (Å²) in [4.78, 5) is 39.2. The number of ether oxygens (including phenoxy) is 5. The first kappa shape index (κ1) is 47.4. The van der Waals surface area contributed by atoms with Crippen molar-refractivity contribution in [2.75, 3.05) is 50.3 Å². The van der Waals surface area contributed by atoms with Crippen molar-refractivity contribution in [2.24, 2.45) is 0 Å². The molecular weight excluding hydrogens is 923 g/mol. The smallest absolute Gasteiger partial charge is 0.418 e. The van der Waals surface area contributed by atoms with Gasteiger partial charge in [-0.25, -0.2) is 27.9 Å². The normalized spacial score (nSPS) is 24.0. The molecule has 0 N–H and O–H groups in total. The van der Waals surface area contributed by atoms with Gasteiger partial charge in [-0.2, -0.15) is 23.1 Å². The molecule has 0 saturated carbocycles. The molecule has 20 heteroatoms. The van der Waals surface area contributed by atoms with Crippen LogP contribution in [0.1, 0.15) is 76.5 Å². The fourth-order valence-electron chi connectivity index (χ4n) is 11.1. The van der Waals surface area contributed by atoms with Crippen LogP contribution in [0, 0.1) is 11.6 Å². The maximum Gasteiger partial charge on any atom is 0.418 e. The summed E-state index contributed by atoms with van der Waals surface area (Å²) in [5.41, 5.74) is -4.13. The third-order valence-corrected chi connectivity index (χ3v) is 14.2. The number of halogens is 6. The third-order valence-electron chi connectivity index (χ3n) is 14.2. The number of pyridine rings is 2. The van der Waals surface area contributed by atoms with Crippen LogP contribution in [0.4, 0.5) is 42.8 Å². The number of fused-ring (bicyclic) bond motifs is 6. The first-order chi connectivity index (χ1) is 33.3. The van der Waals surface area contributed by atoms with Crippen LogP contribution in [-0.2, 0) is 24.0 Å². The van der Waals surface area contributed by atoms with Crippen LogP contribution in [0.3, 0.4) is 0 Å². The molecule has 10 rings (SSSR count). The molecular formula is C50H54F6N8O6. The number of methoxy groups -OCH3 is 2. The van der Waals surface area contributed by atoms with Crippen molar-refractivity contribution >= 4 is 28.6 Å². The zero-order chi connectivity index (χ0) is 49.4. The van der Waals surface area contributed by atoms with Gasteiger partial charge in [-0.3, -0.25) is 9.80 Å². The molecule has 0 radical (unpaired) electrons. The van der Waals surface area contributed by atoms with Gasteiger partial charge in [0.25, 0.3) is 0 Å². The van der Waals surface area contributed by atoms with Crippen LogP contribution in [0.5, 0.6) is 23.4 Å². The van der Waals surface area contributed by atoms with E-state index in [1.165, 1.54) is 19.1 Å². The number of aromatic nitrogens is 4. The van der Waals surface area contributed by atoms with E-state index in [4.69, 9.17) is 28.7 Å². The highest BCUT2D eigenvalue weighted by atomic mass is 19.4. The molecule has 2 aromatic carbocycles. The van der Waals surface area contributed by atoms with Crippen molar-refractivity contribution in [1.29, 1.82) is 0 Å². The predicted octanol–water partition coefficient (Wildman–Crippen LogP) is 9.30. The lowest BCUT2D eigenvalue weighted by Crippen LogP contribution is -2.65. The van der Waals surface area contributed by atoms with E-state index in [9.17, 15) is 9.18 Å². The van der Waals surface area contributed by atoms with E-state index in [1.807, 2.05) is 9.80 Å². The van der Waals surface area contributed by atoms with Crippen LogP contribution >= 0.6 is 0 Å². The van der Waals surface area contributed by atoms with Gasteiger partial charge in [-0.1, -0.05) is 24.3 Å². The molecule has 14 nitrogen and oxygen atoms in total. The lowest BCUT2D eigenvalue weighted by Gasteiger charge is -2.48. The summed E-state index contributed by atoms with van der Waals surface area (Å²) in [5.74, 6) is -2.17. The molecule has 1 amide bonds. The third kappa shape index (κ3) is 8.69. The second kappa shape index (κ2) is 17.8. The minimum Gasteiger partial charge on any atom is -0.497 e. The Labute approximate surface area is 400 Å². The monoisotopic (exact) mass is 976 g/mol. The predicted molar refractivity (Wildman–Crippen MR) is 246 cm³/mol. The highest BCUT2D eigenvalue weighted by Crippen LogP contribution is 2.49. The fraction of sp³-hybridized carbons (Fsp3) is 0.500. The van der Waals surface area contributed by atoms with Crippen molar-refractivity contribution in [2.45, 2.75) is 121 Å². The van der Waals surface area contributed by atoms with Crippen LogP contribution in [-0.4, -0.2) is 118 Å². The van der Waals surface area contributed by atoms with Gasteiger partial charge in [-0.05, 0) is 101 Å². The molecule has 372 valence electrons. The molecule has 5 aliphatic rings. The van der Waals surface area contributed by atoms with Gasteiger partial charge >= 0.3 is 18.3 Å². The van der Waals surface area contributed by atoms with E-state index in [1.54, 1.807) is 81.1 Å². The maximum absolute atomic E-state index is 17.9. The van der Waals surface area contributed by atoms with Gasteiger partial charge in [0.05, 0.1) is 43.4 Å². The Balaban J connectivity index is 1.13. The highest BCUT2D eigenvalue weighted by molar-refractivity contribution is 5.97. The Hall–Kier alpha value is -6.31. The fourth-order valence-corrected chi connectivity index (χ4v) is 11.1. The van der Waals surface area contributed by atoms with E-state index >= 15 is 22.0 Å². The van der Waals surface area contributed by atoms with Gasteiger partial charge in [0.2, 0.25) is 5.88 Å². The Bertz CT molecular complexity index is 2750. The summed E-state index contributed by atoms with van der Waals surface area (Å²) in [5, 5.41) is -0.0325. The average molecular weight is 977 g/mol. The summed E-state index contributed by atoms with van der Waals surface area (Å²) in [7, 11) is 3.01. The molecule has 70 heavy (non-hydrogen) atoms. The molecule has 5 aliphatic heterocycles. The van der Waals surface area contributed by atoms with Gasteiger partial charge in [-0.15, -0.1) is 0 Å². The zero-order valence-corrected chi connectivity index (χ0v) is 39.7. The number of amides is 1. The van der Waals surface area contributed by atoms with Gasteiger partial charge in [0, 0.05) is 32.6 Å². The Morgan fingerprint density at radius 1 is 0.900 bits per heavy atom. The number of rotatable bonds is 11. The summed E-state index contributed by atoms with van der Waals surface area (Å²) in [6.45, 7) is 8.10. The summed E-state index contributed by atoms with van der Waals surface area (Å²) in [6, 6.07) is 12.3. The number of hydrogen-bond donors (Lipinski definition) is 0. The van der Waals surface area contributed by atoms with Crippen molar-refractivity contribution in [3.63, 3.8) is 0 Å². The van der Waals surface area contributed by atoms with Crippen LogP contribution in [0.25, 0.3) is 22.3 Å². The second-order valence-corrected chi connectivity index (χ2v) is 19.9. The highest BCUT2D eigenvalue weighted by Gasteiger charge is 2.54. The molecule has 3 aromatic heterocycles. The molecule has 0 spiro atoms. The molecule has 4 fully saturated rings. The maximum atomic E-state index is 17.9. The van der Waals surface area contributed by atoms with E-state index in [2.05, 4.69) is 15.0 Å². The second-order valence-electron chi connectivity index (χ2n) is 19.9. The number of nitrogens with zero attached hydrogens (tertiary/aromatic N) is 8. The summed E-state index contributed by atoms with van der Waals surface area (Å²) < 4.78 is 125. The molecule has 0 unspecified atom stereocenters. The standard InChI is InChI=1S/C50H54F6N8O6/c1-27-42-36-17-12-31(64(36)47(65)70-48(2,3)4)25-63(42)44-37-40(59-46(60-44)68-26-49-18-7-19-62(49)24-30(51)21-49)38(53)41(58-45(37)69-27)39-34(50(54,55)56)20-35(52)43(57-39)61(22-28-8-13-32(66-5)14-9-28)23-29-10-15-33(67-6)16-11-29/h8-11,13-16,20,27,30-31,36,42H,7,12,17-19,21-26H2,1-6H3/t27-,30+,31+,36-,42+,49-/m0/s1. The molecule has 8 heterocycles. The Kier molecular flexibility index (Phi) is 12.1. The lowest BCUT2D eigenvalue weighted by atomic mass is 9.95. The SMILES string of the molecule is COc1ccc(CN(Cc2ccc(OC)cc2)c2nc(-c3nc4c5c(nc(OC[C@@]67CCCN6C[C@H](F)C7)nc5c3F)N3C[C@H]5CC[C@@H]([C@H]3[C@H](C)O4)N5C(=O)OC(C)(C)C)c(C(F)(F)F)cc2F)cc1. The number of hydrogen-bond acceptors (Lipinski definition) is 13. The minimum absolute atomic E-state index is 0.0297. The topological polar surface area (TPSA) is 128 Å². The van der Waals surface area contributed by atoms with Crippen molar-refractivity contribution in [3.8, 4) is 34.8 Å². The van der Waals surface area contributed by atoms with Gasteiger partial charge < -0.3 is 33.5 Å². The van der Waals surface area contributed by atoms with Crippen molar-refractivity contribution < 1.29 is 54.8 Å². The molecule has 5 aromatic rings. The molecule has 2 bridgehead atoms. The van der Waals surface area contributed by atoms with Crippen LogP contribution < -0.4 is 28.7 Å². The quantitative estimate of drug-likeness (QED) is 0.117. The zero-order valence-electron chi connectivity index (χ0n) is 39.7. The molecule has 4 saturated heterocycles. The van der Waals surface area contributed by atoms with Crippen molar-refractivity contribution in [3.05, 3.63) is 82.9 Å². The van der Waals surface area contributed by atoms with E-state index in [-0.39, 0.29) is 68.3 Å². The molecule has 6 atom stereocenters. The van der Waals surface area contributed by atoms with Crippen molar-refractivity contribution in [1.82, 2.24) is 29.7 Å². The van der Waals surface area contributed by atoms with E-state index in [0.29, 0.717) is 54.5 Å². The number of piperazine rings is 1. The largest absolute Gasteiger partial charge is 0.497 e. The first-order valence-corrected chi connectivity index (χ1v) is 23.5.